The molecule has 8 aromatic rings. The molecule has 0 bridgehead atoms. The minimum absolute atomic E-state index is 0.944. The fraction of sp³-hybridized carbons (Fsp3) is 0. The summed E-state index contributed by atoms with van der Waals surface area (Å²) < 4.78 is 0. The van der Waals surface area contributed by atoms with Crippen molar-refractivity contribution in [2.75, 3.05) is 0 Å². The molecule has 0 unspecified atom stereocenters. The van der Waals surface area contributed by atoms with Crippen LogP contribution >= 0.6 is 0 Å². The molecule has 8 rings (SSSR count). The van der Waals surface area contributed by atoms with E-state index >= 15 is 0 Å². The molecule has 3 heteroatoms. The van der Waals surface area contributed by atoms with Gasteiger partial charge in [0, 0.05) is 35.3 Å². The van der Waals surface area contributed by atoms with Crippen molar-refractivity contribution >= 4 is 32.3 Å². The fourth-order valence-electron chi connectivity index (χ4n) is 5.94. The van der Waals surface area contributed by atoms with Gasteiger partial charge in [-0.25, -0.2) is 0 Å². The molecule has 0 aliphatic heterocycles. The van der Waals surface area contributed by atoms with Crippen molar-refractivity contribution in [2.45, 2.75) is 0 Å². The highest BCUT2D eigenvalue weighted by Gasteiger charge is 2.16. The van der Waals surface area contributed by atoms with E-state index in [0.717, 1.165) is 39.3 Å². The zero-order valence-electron chi connectivity index (χ0n) is 21.6. The maximum atomic E-state index is 4.66. The molecule has 0 amide bonds. The van der Waals surface area contributed by atoms with Crippen LogP contribution in [0.3, 0.4) is 0 Å². The lowest BCUT2D eigenvalue weighted by Crippen LogP contribution is -1.92. The highest BCUT2D eigenvalue weighted by atomic mass is 14.7. The summed E-state index contributed by atoms with van der Waals surface area (Å²) in [5.41, 5.74) is 8.51. The van der Waals surface area contributed by atoms with E-state index in [1.807, 2.05) is 55.0 Å². The summed E-state index contributed by atoms with van der Waals surface area (Å²) in [5, 5.41) is 7.50. The Morgan fingerprint density at radius 2 is 0.800 bits per heavy atom. The van der Waals surface area contributed by atoms with E-state index < -0.39 is 0 Å². The Kier molecular flexibility index (Phi) is 5.14. The Labute approximate surface area is 231 Å². The van der Waals surface area contributed by atoms with E-state index in [1.165, 1.54) is 37.9 Å². The van der Waals surface area contributed by atoms with Crippen LogP contribution < -0.4 is 0 Å². The van der Waals surface area contributed by atoms with E-state index in [1.54, 1.807) is 0 Å². The Morgan fingerprint density at radius 1 is 0.350 bits per heavy atom. The van der Waals surface area contributed by atoms with E-state index in [4.69, 9.17) is 0 Å². The van der Waals surface area contributed by atoms with Gasteiger partial charge in [0.2, 0.25) is 0 Å². The molecule has 3 nitrogen and oxygen atoms in total. The first-order valence-electron chi connectivity index (χ1n) is 13.4. The van der Waals surface area contributed by atoms with Crippen molar-refractivity contribution in [3.05, 3.63) is 140 Å². The molecule has 0 fully saturated rings. The van der Waals surface area contributed by atoms with Gasteiger partial charge in [-0.2, -0.15) is 0 Å². The highest BCUT2D eigenvalue weighted by Crippen LogP contribution is 2.43. The second-order valence-corrected chi connectivity index (χ2v) is 10.1. The molecule has 0 atom stereocenters. The van der Waals surface area contributed by atoms with Crippen molar-refractivity contribution in [1.82, 2.24) is 15.0 Å². The van der Waals surface area contributed by atoms with Crippen LogP contribution in [0.5, 0.6) is 0 Å². The largest absolute Gasteiger partial charge is 0.256 e. The second-order valence-electron chi connectivity index (χ2n) is 10.1. The molecular weight excluding hydrogens is 486 g/mol. The number of hydrogen-bond donors (Lipinski definition) is 0. The van der Waals surface area contributed by atoms with Crippen LogP contribution in [0.2, 0.25) is 0 Å². The molecule has 0 N–H and O–H groups in total. The fourth-order valence-corrected chi connectivity index (χ4v) is 5.94. The summed E-state index contributed by atoms with van der Waals surface area (Å²) in [7, 11) is 0. The molecular formula is C37H23N3. The number of aromatic nitrogens is 3. The first kappa shape index (κ1) is 22.6. The van der Waals surface area contributed by atoms with Crippen molar-refractivity contribution < 1.29 is 0 Å². The van der Waals surface area contributed by atoms with E-state index in [9.17, 15) is 0 Å². The number of rotatable bonds is 4. The lowest BCUT2D eigenvalue weighted by molar-refractivity contribution is 1.31. The van der Waals surface area contributed by atoms with E-state index in [-0.39, 0.29) is 0 Å². The monoisotopic (exact) mass is 509 g/mol. The van der Waals surface area contributed by atoms with Crippen LogP contribution in [0.15, 0.2) is 140 Å². The molecule has 40 heavy (non-hydrogen) atoms. The zero-order valence-corrected chi connectivity index (χ0v) is 21.6. The average Bonchev–Trinajstić information content (AvgIpc) is 3.04. The van der Waals surface area contributed by atoms with Gasteiger partial charge in [0.25, 0.3) is 0 Å². The van der Waals surface area contributed by atoms with Gasteiger partial charge in [0.1, 0.15) is 0 Å². The quantitative estimate of drug-likeness (QED) is 0.222. The molecule has 3 aromatic heterocycles. The number of nitrogens with zero attached hydrogens (tertiary/aromatic N) is 3. The van der Waals surface area contributed by atoms with Gasteiger partial charge in [-0.1, -0.05) is 66.7 Å². The third-order valence-corrected chi connectivity index (χ3v) is 7.77. The average molecular weight is 510 g/mol. The van der Waals surface area contributed by atoms with Gasteiger partial charge in [-0.3, -0.25) is 15.0 Å². The third kappa shape index (κ3) is 3.63. The van der Waals surface area contributed by atoms with E-state index in [0.29, 0.717) is 0 Å². The summed E-state index contributed by atoms with van der Waals surface area (Å²) in [6.45, 7) is 0. The summed E-state index contributed by atoms with van der Waals surface area (Å²) in [6.07, 6.45) is 5.55. The van der Waals surface area contributed by atoms with Gasteiger partial charge in [-0.05, 0) is 98.0 Å². The molecule has 0 radical (unpaired) electrons. The topological polar surface area (TPSA) is 38.7 Å². The maximum Gasteiger partial charge on any atom is 0.0708 e. The molecule has 186 valence electrons. The van der Waals surface area contributed by atoms with Gasteiger partial charge in [-0.15, -0.1) is 0 Å². The summed E-state index contributed by atoms with van der Waals surface area (Å²) in [4.78, 5) is 14.0. The number of benzene rings is 5. The predicted octanol–water partition coefficient (Wildman–Crippen LogP) is 9.44. The van der Waals surface area contributed by atoms with Crippen molar-refractivity contribution in [3.8, 4) is 44.9 Å². The van der Waals surface area contributed by atoms with Crippen molar-refractivity contribution in [1.29, 1.82) is 0 Å². The molecule has 0 spiro atoms. The van der Waals surface area contributed by atoms with Crippen LogP contribution in [-0.4, -0.2) is 15.0 Å². The second kappa shape index (κ2) is 9.11. The van der Waals surface area contributed by atoms with Crippen LogP contribution in [0.25, 0.3) is 77.2 Å². The Balaban J connectivity index is 1.41. The molecule has 0 aliphatic rings. The minimum atomic E-state index is 0.944. The Morgan fingerprint density at radius 3 is 1.32 bits per heavy atom. The smallest absolute Gasteiger partial charge is 0.0708 e. The SMILES string of the molecule is c1ccc(-c2cc(-c3ccccn3)cc(-c3ccc4ccc5c(-c6ccccn6)ccc6ccc3c4c65)c2)nc1. The number of hydrogen-bond acceptors (Lipinski definition) is 3. The van der Waals surface area contributed by atoms with Gasteiger partial charge >= 0.3 is 0 Å². The summed E-state index contributed by atoms with van der Waals surface area (Å²) in [6, 6.07) is 42.8. The van der Waals surface area contributed by atoms with E-state index in [2.05, 4.69) is 99.9 Å². The van der Waals surface area contributed by atoms with Gasteiger partial charge < -0.3 is 0 Å². The first-order valence-corrected chi connectivity index (χ1v) is 13.4. The van der Waals surface area contributed by atoms with Crippen molar-refractivity contribution in [3.63, 3.8) is 0 Å². The molecule has 0 aliphatic carbocycles. The standard InChI is InChI=1S/C37H23N3/c1-4-18-38-33(7-1)27-21-26(22-28(23-27)34-8-2-5-19-39-34)29-14-10-24-13-17-32-30(35-9-3-6-20-40-35)15-11-25-12-16-31(29)36(24)37(25)32/h1-23H. The predicted molar refractivity (Wildman–Crippen MR) is 165 cm³/mol. The first-order chi connectivity index (χ1) is 19.8. The zero-order chi connectivity index (χ0) is 26.5. The van der Waals surface area contributed by atoms with Crippen molar-refractivity contribution in [2.24, 2.45) is 0 Å². The summed E-state index contributed by atoms with van der Waals surface area (Å²) in [5.74, 6) is 0. The lowest BCUT2D eigenvalue weighted by atomic mass is 9.87. The molecule has 5 aromatic carbocycles. The normalized spacial score (nSPS) is 11.5. The molecule has 0 saturated heterocycles. The Bertz CT molecular complexity index is 2080. The lowest BCUT2D eigenvalue weighted by Gasteiger charge is -2.17. The number of pyridine rings is 3. The molecule has 3 heterocycles. The minimum Gasteiger partial charge on any atom is -0.256 e. The summed E-state index contributed by atoms with van der Waals surface area (Å²) >= 11 is 0. The maximum absolute atomic E-state index is 4.66. The van der Waals surface area contributed by atoms with Crippen LogP contribution in [0.1, 0.15) is 0 Å². The van der Waals surface area contributed by atoms with Gasteiger partial charge in [0.05, 0.1) is 17.1 Å². The van der Waals surface area contributed by atoms with Crippen LogP contribution in [-0.2, 0) is 0 Å². The van der Waals surface area contributed by atoms with Gasteiger partial charge in [0.15, 0.2) is 0 Å². The van der Waals surface area contributed by atoms with Crippen LogP contribution in [0, 0.1) is 0 Å². The molecule has 0 saturated carbocycles. The van der Waals surface area contributed by atoms with Crippen LogP contribution in [0.4, 0.5) is 0 Å². The third-order valence-electron chi connectivity index (χ3n) is 7.77. The highest BCUT2D eigenvalue weighted by molar-refractivity contribution is 6.27. The Hall–Kier alpha value is -5.41.